The van der Waals surface area contributed by atoms with Crippen molar-refractivity contribution in [2.24, 2.45) is 11.1 Å². The molecule has 0 unspecified atom stereocenters. The van der Waals surface area contributed by atoms with E-state index in [9.17, 15) is 8.78 Å². The summed E-state index contributed by atoms with van der Waals surface area (Å²) in [6.07, 6.45) is 6.95. The molecule has 0 aliphatic heterocycles. The third-order valence-electron chi connectivity index (χ3n) is 4.29. The van der Waals surface area contributed by atoms with Crippen molar-refractivity contribution < 1.29 is 8.78 Å². The smallest absolute Gasteiger partial charge is 0.143 e. The largest absolute Gasteiger partial charge is 0.330 e. The first-order valence-corrected chi connectivity index (χ1v) is 7.70. The summed E-state index contributed by atoms with van der Waals surface area (Å²) in [6, 6.07) is 2.74. The van der Waals surface area contributed by atoms with Gasteiger partial charge in [0, 0.05) is 5.56 Å². The Morgan fingerprint density at radius 3 is 2.32 bits per heavy atom. The molecular formula is C15H20BrF2N. The van der Waals surface area contributed by atoms with E-state index >= 15 is 0 Å². The molecule has 1 nitrogen and oxygen atoms in total. The first-order chi connectivity index (χ1) is 9.08. The second-order valence-electron chi connectivity index (χ2n) is 5.62. The van der Waals surface area contributed by atoms with Gasteiger partial charge in [-0.3, -0.25) is 0 Å². The molecule has 0 radical (unpaired) electrons. The summed E-state index contributed by atoms with van der Waals surface area (Å²) in [7, 11) is 0. The number of rotatable bonds is 3. The Bertz CT molecular complexity index is 440. The molecule has 0 spiro atoms. The van der Waals surface area contributed by atoms with Crippen molar-refractivity contribution in [2.75, 3.05) is 6.54 Å². The van der Waals surface area contributed by atoms with Gasteiger partial charge in [0.2, 0.25) is 0 Å². The van der Waals surface area contributed by atoms with E-state index in [1.165, 1.54) is 25.0 Å². The van der Waals surface area contributed by atoms with Crippen molar-refractivity contribution >= 4 is 15.9 Å². The zero-order chi connectivity index (χ0) is 13.9. The molecule has 0 heterocycles. The Labute approximate surface area is 121 Å². The summed E-state index contributed by atoms with van der Waals surface area (Å²) in [6.45, 7) is 0.498. The number of hydrogen-bond donors (Lipinski definition) is 1. The van der Waals surface area contributed by atoms with Crippen LogP contribution in [0.15, 0.2) is 16.6 Å². The van der Waals surface area contributed by atoms with Crippen molar-refractivity contribution in [1.82, 2.24) is 0 Å². The first-order valence-electron chi connectivity index (χ1n) is 6.90. The van der Waals surface area contributed by atoms with Gasteiger partial charge in [0.15, 0.2) is 0 Å². The van der Waals surface area contributed by atoms with Crippen LogP contribution in [0.4, 0.5) is 8.78 Å². The van der Waals surface area contributed by atoms with Crippen LogP contribution in [0.2, 0.25) is 0 Å². The third kappa shape index (κ3) is 3.34. The molecule has 106 valence electrons. The van der Waals surface area contributed by atoms with Crippen LogP contribution >= 0.6 is 15.9 Å². The van der Waals surface area contributed by atoms with Gasteiger partial charge in [0.1, 0.15) is 11.6 Å². The molecule has 0 aromatic heterocycles. The normalized spacial score (nSPS) is 19.2. The Balaban J connectivity index is 2.29. The van der Waals surface area contributed by atoms with Gasteiger partial charge in [-0.05, 0) is 59.3 Å². The summed E-state index contributed by atoms with van der Waals surface area (Å²) in [5.74, 6) is -0.935. The van der Waals surface area contributed by atoms with Crippen LogP contribution in [0.25, 0.3) is 0 Å². The fourth-order valence-electron chi connectivity index (χ4n) is 3.04. The van der Waals surface area contributed by atoms with Crippen LogP contribution in [0.3, 0.4) is 0 Å². The second-order valence-corrected chi connectivity index (χ2v) is 6.47. The van der Waals surface area contributed by atoms with Gasteiger partial charge in [-0.1, -0.05) is 25.7 Å². The van der Waals surface area contributed by atoms with Gasteiger partial charge >= 0.3 is 0 Å². The van der Waals surface area contributed by atoms with Crippen LogP contribution in [-0.4, -0.2) is 6.54 Å². The van der Waals surface area contributed by atoms with E-state index < -0.39 is 11.6 Å². The van der Waals surface area contributed by atoms with Crippen LogP contribution in [-0.2, 0) is 6.42 Å². The Kier molecular flexibility index (Phi) is 4.96. The third-order valence-corrected chi connectivity index (χ3v) is 4.90. The molecule has 2 rings (SSSR count). The van der Waals surface area contributed by atoms with Gasteiger partial charge in [-0.2, -0.15) is 0 Å². The first kappa shape index (κ1) is 14.9. The monoisotopic (exact) mass is 331 g/mol. The molecule has 1 saturated carbocycles. The molecule has 0 amide bonds. The molecular weight excluding hydrogens is 312 g/mol. The van der Waals surface area contributed by atoms with Gasteiger partial charge in [-0.25, -0.2) is 8.78 Å². The summed E-state index contributed by atoms with van der Waals surface area (Å²) in [5.41, 5.74) is 5.98. The van der Waals surface area contributed by atoms with E-state index in [0.29, 0.717) is 17.4 Å². The molecule has 0 bridgehead atoms. The maximum atomic E-state index is 14.1. The van der Waals surface area contributed by atoms with E-state index in [1.807, 2.05) is 0 Å². The maximum absolute atomic E-state index is 14.1. The average Bonchev–Trinajstić information content (AvgIpc) is 2.65. The molecule has 0 atom stereocenters. The predicted octanol–water partition coefficient (Wildman–Crippen LogP) is 4.57. The number of halogens is 3. The molecule has 19 heavy (non-hydrogen) atoms. The molecule has 1 aliphatic carbocycles. The molecule has 1 fully saturated rings. The Morgan fingerprint density at radius 1 is 1.11 bits per heavy atom. The number of benzene rings is 1. The van der Waals surface area contributed by atoms with E-state index in [4.69, 9.17) is 5.73 Å². The van der Waals surface area contributed by atoms with Crippen molar-refractivity contribution in [2.45, 2.75) is 44.9 Å². The minimum absolute atomic E-state index is 0.140. The van der Waals surface area contributed by atoms with E-state index in [-0.39, 0.29) is 11.0 Å². The topological polar surface area (TPSA) is 26.0 Å². The van der Waals surface area contributed by atoms with Gasteiger partial charge < -0.3 is 5.73 Å². The summed E-state index contributed by atoms with van der Waals surface area (Å²) in [5, 5.41) is 0. The van der Waals surface area contributed by atoms with Crippen molar-refractivity contribution in [3.05, 3.63) is 33.8 Å². The lowest BCUT2D eigenvalue weighted by atomic mass is 9.75. The SMILES string of the molecule is NCC1(Cc2c(F)ccc(Br)c2F)CCCCCC1. The van der Waals surface area contributed by atoms with Crippen molar-refractivity contribution in [3.63, 3.8) is 0 Å². The molecule has 1 aromatic carbocycles. The van der Waals surface area contributed by atoms with Gasteiger partial charge in [0.05, 0.1) is 4.47 Å². The highest BCUT2D eigenvalue weighted by Gasteiger charge is 2.32. The lowest BCUT2D eigenvalue weighted by Gasteiger charge is -2.32. The summed E-state index contributed by atoms with van der Waals surface area (Å²) in [4.78, 5) is 0. The lowest BCUT2D eigenvalue weighted by molar-refractivity contribution is 0.246. The zero-order valence-corrected chi connectivity index (χ0v) is 12.6. The van der Waals surface area contributed by atoms with Crippen LogP contribution < -0.4 is 5.73 Å². The molecule has 4 heteroatoms. The molecule has 1 aromatic rings. The minimum atomic E-state index is -0.475. The number of hydrogen-bond acceptors (Lipinski definition) is 1. The van der Waals surface area contributed by atoms with Crippen LogP contribution in [0, 0.1) is 17.0 Å². The average molecular weight is 332 g/mol. The highest BCUT2D eigenvalue weighted by molar-refractivity contribution is 9.10. The predicted molar refractivity (Wildman–Crippen MR) is 77.0 cm³/mol. The summed E-state index contributed by atoms with van der Waals surface area (Å²) >= 11 is 3.13. The maximum Gasteiger partial charge on any atom is 0.143 e. The Morgan fingerprint density at radius 2 is 1.74 bits per heavy atom. The highest BCUT2D eigenvalue weighted by Crippen LogP contribution is 2.39. The van der Waals surface area contributed by atoms with Gasteiger partial charge in [0.25, 0.3) is 0 Å². The van der Waals surface area contributed by atoms with Gasteiger partial charge in [-0.15, -0.1) is 0 Å². The van der Waals surface area contributed by atoms with E-state index in [1.54, 1.807) is 0 Å². The number of nitrogens with two attached hydrogens (primary N) is 1. The lowest BCUT2D eigenvalue weighted by Crippen LogP contribution is -2.33. The molecule has 0 saturated heterocycles. The van der Waals surface area contributed by atoms with E-state index in [2.05, 4.69) is 15.9 Å². The Hall–Kier alpha value is -0.480. The standard InChI is InChI=1S/C15H20BrF2N/c16-12-5-6-13(17)11(14(12)18)9-15(10-19)7-3-1-2-4-8-15/h5-6H,1-4,7-10,19H2. The van der Waals surface area contributed by atoms with Crippen LogP contribution in [0.1, 0.15) is 44.1 Å². The molecule has 1 aliphatic rings. The summed E-state index contributed by atoms with van der Waals surface area (Å²) < 4.78 is 28.3. The quantitative estimate of drug-likeness (QED) is 0.637. The van der Waals surface area contributed by atoms with E-state index in [0.717, 1.165) is 25.7 Å². The fourth-order valence-corrected chi connectivity index (χ4v) is 3.41. The zero-order valence-electron chi connectivity index (χ0n) is 11.0. The second kappa shape index (κ2) is 6.31. The minimum Gasteiger partial charge on any atom is -0.330 e. The van der Waals surface area contributed by atoms with Crippen molar-refractivity contribution in [1.29, 1.82) is 0 Å². The highest BCUT2D eigenvalue weighted by atomic mass is 79.9. The van der Waals surface area contributed by atoms with Crippen LogP contribution in [0.5, 0.6) is 0 Å². The fraction of sp³-hybridized carbons (Fsp3) is 0.600. The molecule has 2 N–H and O–H groups in total. The van der Waals surface area contributed by atoms with Crippen molar-refractivity contribution in [3.8, 4) is 0 Å².